The molecule has 3 rings (SSSR count). The summed E-state index contributed by atoms with van der Waals surface area (Å²) < 4.78 is 120. The van der Waals surface area contributed by atoms with Crippen molar-refractivity contribution in [2.45, 2.75) is 53.2 Å². The third-order valence-electron chi connectivity index (χ3n) is 13.5. The van der Waals surface area contributed by atoms with Gasteiger partial charge in [-0.3, -0.25) is 4.79 Å². The Hall–Kier alpha value is -4.89. The standard InChI is InChI=1S/C68H108O30/c1-68(67(77)96-47-56-5-3-2-4-6-56,54-97-65(75)57-43-59(48-90-37-31-84-25-19-78-13-7-69)63(52-94-41-35-88-29-23-82-17-11-73)60(44-57)49-91-38-32-85-26-20-79-14-8-70)55-98-66(76)58-45-61(50-92-39-33-86-27-21-80-15-9-71)64(53-95-42-36-89-30-24-83-18-12-74)62(46-58)51-93-40-34-87-28-22-81-16-10-72/h2-6,43-46,69-74H,7-42,47-55H2,1H3. The summed E-state index contributed by atoms with van der Waals surface area (Å²) in [7, 11) is 0. The van der Waals surface area contributed by atoms with Crippen LogP contribution in [0.25, 0.3) is 0 Å². The quantitative estimate of drug-likeness (QED) is 0.0266. The Labute approximate surface area is 574 Å². The largest absolute Gasteiger partial charge is 0.461 e. The second-order valence-corrected chi connectivity index (χ2v) is 21.3. The lowest BCUT2D eigenvalue weighted by Gasteiger charge is -2.27. The Kier molecular flexibility index (Phi) is 54.2. The van der Waals surface area contributed by atoms with E-state index in [0.29, 0.717) is 38.9 Å². The number of carbonyl (C=O) groups is 3. The van der Waals surface area contributed by atoms with E-state index in [1.807, 2.05) is 6.07 Å². The van der Waals surface area contributed by atoms with Gasteiger partial charge in [-0.2, -0.15) is 0 Å². The summed E-state index contributed by atoms with van der Waals surface area (Å²) >= 11 is 0. The van der Waals surface area contributed by atoms with Crippen LogP contribution in [-0.4, -0.2) is 300 Å². The molecule has 0 fully saturated rings. The molecule has 6 N–H and O–H groups in total. The monoisotopic (exact) mass is 1400 g/mol. The van der Waals surface area contributed by atoms with Gasteiger partial charge < -0.3 is 130 Å². The SMILES string of the molecule is CC(COC(=O)c1cc(COCCOCCOCCO)c(COCCOCCOCCO)c(COCCOCCOCCO)c1)(COC(=O)c1cc(COCCOCCOCCO)c(COCCOCCOCCO)c(COCCOCCOCCO)c1)C(=O)OCc1ccccc1. The molecule has 0 amide bonds. The van der Waals surface area contributed by atoms with Crippen LogP contribution >= 0.6 is 0 Å². The van der Waals surface area contributed by atoms with E-state index in [2.05, 4.69) is 0 Å². The molecule has 0 heterocycles. The zero-order chi connectivity index (χ0) is 70.5. The highest BCUT2D eigenvalue weighted by Crippen LogP contribution is 2.28. The van der Waals surface area contributed by atoms with E-state index in [4.69, 9.17) is 130 Å². The lowest BCUT2D eigenvalue weighted by atomic mass is 9.92. The molecule has 0 unspecified atom stereocenters. The van der Waals surface area contributed by atoms with Crippen LogP contribution < -0.4 is 0 Å². The minimum Gasteiger partial charge on any atom is -0.461 e. The van der Waals surface area contributed by atoms with E-state index in [1.54, 1.807) is 48.5 Å². The van der Waals surface area contributed by atoms with Crippen LogP contribution in [0.4, 0.5) is 0 Å². The van der Waals surface area contributed by atoms with Crippen LogP contribution in [-0.2, 0) is 151 Å². The number of carbonyl (C=O) groups excluding carboxylic acids is 3. The molecule has 3 aromatic rings. The molecule has 98 heavy (non-hydrogen) atoms. The average Bonchev–Trinajstić information content (AvgIpc) is 0.828. The second-order valence-electron chi connectivity index (χ2n) is 21.3. The first-order valence-electron chi connectivity index (χ1n) is 33.0. The van der Waals surface area contributed by atoms with E-state index in [-0.39, 0.29) is 295 Å². The first-order valence-corrected chi connectivity index (χ1v) is 33.0. The summed E-state index contributed by atoms with van der Waals surface area (Å²) in [6.45, 7) is 6.04. The maximum Gasteiger partial charge on any atom is 0.338 e. The fourth-order valence-corrected chi connectivity index (χ4v) is 8.49. The Balaban J connectivity index is 2.02. The minimum absolute atomic E-state index is 0.0194. The maximum absolute atomic E-state index is 14.6. The van der Waals surface area contributed by atoms with Gasteiger partial charge in [-0.15, -0.1) is 0 Å². The minimum atomic E-state index is -1.81. The first kappa shape index (κ1) is 87.3. The molecule has 0 aliphatic rings. The van der Waals surface area contributed by atoms with Gasteiger partial charge >= 0.3 is 17.9 Å². The van der Waals surface area contributed by atoms with Crippen molar-refractivity contribution in [3.8, 4) is 0 Å². The highest BCUT2D eigenvalue weighted by atomic mass is 16.6. The third-order valence-corrected chi connectivity index (χ3v) is 13.5. The molecule has 30 heteroatoms. The zero-order valence-electron chi connectivity index (χ0n) is 57.0. The fraction of sp³-hybridized carbons (Fsp3) is 0.691. The van der Waals surface area contributed by atoms with Crippen molar-refractivity contribution in [1.29, 1.82) is 0 Å². The van der Waals surface area contributed by atoms with Crippen LogP contribution in [0.1, 0.15) is 66.6 Å². The van der Waals surface area contributed by atoms with Crippen LogP contribution in [0, 0.1) is 5.41 Å². The molecule has 0 aromatic heterocycles. The van der Waals surface area contributed by atoms with Gasteiger partial charge in [0.1, 0.15) is 25.2 Å². The number of aliphatic hydroxyl groups excluding tert-OH is 6. The summed E-state index contributed by atoms with van der Waals surface area (Å²) in [5, 5.41) is 54.2. The van der Waals surface area contributed by atoms with Gasteiger partial charge in [-0.1, -0.05) is 30.3 Å². The van der Waals surface area contributed by atoms with E-state index in [9.17, 15) is 14.4 Å². The van der Waals surface area contributed by atoms with Crippen molar-refractivity contribution in [3.63, 3.8) is 0 Å². The Morgan fingerprint density at radius 2 is 0.510 bits per heavy atom. The van der Waals surface area contributed by atoms with Crippen molar-refractivity contribution in [3.05, 3.63) is 105 Å². The number of hydrogen-bond acceptors (Lipinski definition) is 30. The first-order chi connectivity index (χ1) is 48.1. The van der Waals surface area contributed by atoms with Crippen molar-refractivity contribution >= 4 is 17.9 Å². The van der Waals surface area contributed by atoms with Crippen molar-refractivity contribution in [2.24, 2.45) is 5.41 Å². The molecule has 0 bridgehead atoms. The van der Waals surface area contributed by atoms with Gasteiger partial charge in [-0.25, -0.2) is 9.59 Å². The number of benzene rings is 3. The molecule has 0 atom stereocenters. The molecule has 0 spiro atoms. The van der Waals surface area contributed by atoms with Gasteiger partial charge in [0.2, 0.25) is 0 Å². The number of ether oxygens (including phenoxy) is 21. The summed E-state index contributed by atoms with van der Waals surface area (Å²) in [5.41, 5.74) is 2.44. The van der Waals surface area contributed by atoms with Crippen LogP contribution in [0.2, 0.25) is 0 Å². The summed E-state index contributed by atoms with van der Waals surface area (Å²) in [4.78, 5) is 43.7. The number of rotatable bonds is 69. The van der Waals surface area contributed by atoms with Gasteiger partial charge in [0, 0.05) is 0 Å². The van der Waals surface area contributed by atoms with Crippen molar-refractivity contribution < 1.29 is 144 Å². The molecule has 0 saturated carbocycles. The van der Waals surface area contributed by atoms with Gasteiger partial charge in [-0.05, 0) is 70.1 Å². The van der Waals surface area contributed by atoms with E-state index in [0.717, 1.165) is 0 Å². The van der Waals surface area contributed by atoms with Crippen molar-refractivity contribution in [1.82, 2.24) is 0 Å². The van der Waals surface area contributed by atoms with Crippen LogP contribution in [0.15, 0.2) is 54.6 Å². The van der Waals surface area contributed by atoms with Crippen molar-refractivity contribution in [2.75, 3.05) is 251 Å². The van der Waals surface area contributed by atoms with E-state index < -0.39 is 36.5 Å². The van der Waals surface area contributed by atoms with Crippen LogP contribution in [0.5, 0.6) is 0 Å². The predicted molar refractivity (Wildman–Crippen MR) is 348 cm³/mol. The molecular formula is C68H108O30. The molecule has 0 aliphatic heterocycles. The zero-order valence-corrected chi connectivity index (χ0v) is 57.0. The van der Waals surface area contributed by atoms with Gasteiger partial charge in [0.05, 0.1) is 289 Å². The highest BCUT2D eigenvalue weighted by molar-refractivity contribution is 5.91. The van der Waals surface area contributed by atoms with Gasteiger partial charge in [0.25, 0.3) is 0 Å². The molecule has 560 valence electrons. The number of aliphatic hydroxyl groups is 6. The topological polar surface area (TPSA) is 366 Å². The fourth-order valence-electron chi connectivity index (χ4n) is 8.49. The predicted octanol–water partition coefficient (Wildman–Crippen LogP) is 1.70. The Bertz CT molecular complexity index is 2200. The lowest BCUT2D eigenvalue weighted by molar-refractivity contribution is -0.161. The molecule has 0 radical (unpaired) electrons. The number of esters is 3. The molecular weight excluding hydrogens is 1300 g/mol. The highest BCUT2D eigenvalue weighted by Gasteiger charge is 2.39. The van der Waals surface area contributed by atoms with Gasteiger partial charge in [0.15, 0.2) is 0 Å². The molecule has 0 saturated heterocycles. The smallest absolute Gasteiger partial charge is 0.338 e. The Morgan fingerprint density at radius 3 is 0.755 bits per heavy atom. The number of hydrogen-bond donors (Lipinski definition) is 6. The average molecular weight is 1410 g/mol. The lowest BCUT2D eigenvalue weighted by Crippen LogP contribution is -2.40. The normalized spacial score (nSPS) is 11.7. The molecule has 3 aromatic carbocycles. The summed E-state index contributed by atoms with van der Waals surface area (Å²) in [5.74, 6) is -2.55. The molecule has 0 aliphatic carbocycles. The summed E-state index contributed by atoms with van der Waals surface area (Å²) in [6, 6.07) is 15.3. The summed E-state index contributed by atoms with van der Waals surface area (Å²) in [6.07, 6.45) is 0. The van der Waals surface area contributed by atoms with E-state index >= 15 is 0 Å². The van der Waals surface area contributed by atoms with Crippen LogP contribution in [0.3, 0.4) is 0 Å². The third kappa shape index (κ3) is 42.4. The van der Waals surface area contributed by atoms with E-state index in [1.165, 1.54) is 6.92 Å². The molecule has 30 nitrogen and oxygen atoms in total. The Morgan fingerprint density at radius 1 is 0.286 bits per heavy atom. The second kappa shape index (κ2) is 60.8. The maximum atomic E-state index is 14.6.